The lowest BCUT2D eigenvalue weighted by Gasteiger charge is -2.36. The minimum absolute atomic E-state index is 0.402. The minimum Gasteiger partial charge on any atom is -0.397 e. The van der Waals surface area contributed by atoms with E-state index in [0.717, 1.165) is 29.5 Å². The van der Waals surface area contributed by atoms with Gasteiger partial charge in [0.2, 0.25) is 0 Å². The SMILES string of the molecule is CC(C)(C)C1CCC(c2noc(-c3sccc3N)n2)CC1. The molecule has 3 rings (SSSR count). The molecular weight excluding hydrogens is 282 g/mol. The Morgan fingerprint density at radius 3 is 2.52 bits per heavy atom. The highest BCUT2D eigenvalue weighted by Gasteiger charge is 2.32. The van der Waals surface area contributed by atoms with Crippen molar-refractivity contribution < 1.29 is 4.52 Å². The molecule has 0 aliphatic heterocycles. The second-order valence-corrected chi connectivity index (χ2v) is 7.99. The first kappa shape index (κ1) is 14.6. The van der Waals surface area contributed by atoms with Crippen LogP contribution < -0.4 is 5.73 Å². The topological polar surface area (TPSA) is 64.9 Å². The average Bonchev–Trinajstić information content (AvgIpc) is 3.06. The Morgan fingerprint density at radius 2 is 1.95 bits per heavy atom. The first-order valence-electron chi connectivity index (χ1n) is 7.62. The van der Waals surface area contributed by atoms with E-state index in [4.69, 9.17) is 10.3 Å². The quantitative estimate of drug-likeness (QED) is 0.873. The number of thiophene rings is 1. The first-order chi connectivity index (χ1) is 9.95. The van der Waals surface area contributed by atoms with E-state index < -0.39 is 0 Å². The lowest BCUT2D eigenvalue weighted by molar-refractivity contribution is 0.166. The molecule has 0 unspecified atom stereocenters. The van der Waals surface area contributed by atoms with E-state index in [9.17, 15) is 0 Å². The van der Waals surface area contributed by atoms with Crippen molar-refractivity contribution in [1.29, 1.82) is 0 Å². The summed E-state index contributed by atoms with van der Waals surface area (Å²) >= 11 is 1.55. The van der Waals surface area contributed by atoms with Crippen molar-refractivity contribution in [2.24, 2.45) is 11.3 Å². The molecule has 1 aliphatic rings. The maximum absolute atomic E-state index is 5.91. The predicted molar refractivity (Wildman–Crippen MR) is 86.2 cm³/mol. The third-order valence-corrected chi connectivity index (χ3v) is 5.57. The van der Waals surface area contributed by atoms with E-state index in [1.54, 1.807) is 11.3 Å². The second-order valence-electron chi connectivity index (χ2n) is 7.08. The van der Waals surface area contributed by atoms with Crippen molar-refractivity contribution in [1.82, 2.24) is 10.1 Å². The summed E-state index contributed by atoms with van der Waals surface area (Å²) in [5.41, 5.74) is 7.03. The molecule has 1 fully saturated rings. The zero-order chi connectivity index (χ0) is 15.0. The summed E-state index contributed by atoms with van der Waals surface area (Å²) in [4.78, 5) is 5.46. The fraction of sp³-hybridized carbons (Fsp3) is 0.625. The zero-order valence-corrected chi connectivity index (χ0v) is 13.7. The van der Waals surface area contributed by atoms with E-state index in [1.165, 1.54) is 12.8 Å². The average molecular weight is 305 g/mol. The van der Waals surface area contributed by atoms with Crippen LogP contribution in [-0.2, 0) is 0 Å². The third-order valence-electron chi connectivity index (χ3n) is 4.65. The van der Waals surface area contributed by atoms with Crippen LogP contribution in [0.25, 0.3) is 10.8 Å². The van der Waals surface area contributed by atoms with Crippen molar-refractivity contribution >= 4 is 17.0 Å². The zero-order valence-electron chi connectivity index (χ0n) is 12.9. The Bertz CT molecular complexity index is 603. The van der Waals surface area contributed by atoms with Gasteiger partial charge in [0.1, 0.15) is 4.88 Å². The summed E-state index contributed by atoms with van der Waals surface area (Å²) in [6.45, 7) is 7.01. The van der Waals surface area contributed by atoms with E-state index in [2.05, 4.69) is 30.9 Å². The van der Waals surface area contributed by atoms with E-state index in [-0.39, 0.29) is 0 Å². The van der Waals surface area contributed by atoms with Crippen LogP contribution in [0.5, 0.6) is 0 Å². The highest BCUT2D eigenvalue weighted by Crippen LogP contribution is 2.43. The molecule has 0 spiro atoms. The molecule has 2 aromatic heterocycles. The molecule has 114 valence electrons. The van der Waals surface area contributed by atoms with Gasteiger partial charge in [0, 0.05) is 5.92 Å². The molecule has 0 saturated heterocycles. The number of nitrogens with two attached hydrogens (primary N) is 1. The molecule has 1 aliphatic carbocycles. The number of aromatic nitrogens is 2. The van der Waals surface area contributed by atoms with Crippen LogP contribution in [0.3, 0.4) is 0 Å². The van der Waals surface area contributed by atoms with E-state index in [1.807, 2.05) is 11.4 Å². The molecular formula is C16H23N3OS. The van der Waals surface area contributed by atoms with Crippen LogP contribution in [-0.4, -0.2) is 10.1 Å². The summed E-state index contributed by atoms with van der Waals surface area (Å²) in [6.07, 6.45) is 4.81. The number of anilines is 1. The standard InChI is InChI=1S/C16H23N3OS/c1-16(2,3)11-6-4-10(5-7-11)14-18-15(20-19-14)13-12(17)8-9-21-13/h8-11H,4-7,17H2,1-3H3. The van der Waals surface area contributed by atoms with Gasteiger partial charge in [0.15, 0.2) is 5.82 Å². The first-order valence-corrected chi connectivity index (χ1v) is 8.50. The lowest BCUT2D eigenvalue weighted by Crippen LogP contribution is -2.25. The lowest BCUT2D eigenvalue weighted by atomic mass is 9.70. The van der Waals surface area contributed by atoms with Crippen molar-refractivity contribution in [2.45, 2.75) is 52.4 Å². The van der Waals surface area contributed by atoms with Gasteiger partial charge >= 0.3 is 0 Å². The maximum atomic E-state index is 5.91. The summed E-state index contributed by atoms with van der Waals surface area (Å²) in [7, 11) is 0. The summed E-state index contributed by atoms with van der Waals surface area (Å²) in [6, 6.07) is 1.87. The Morgan fingerprint density at radius 1 is 1.24 bits per heavy atom. The van der Waals surface area contributed by atoms with Gasteiger partial charge in [0.25, 0.3) is 5.89 Å². The van der Waals surface area contributed by atoms with Crippen molar-refractivity contribution in [2.75, 3.05) is 5.73 Å². The molecule has 2 heterocycles. The molecule has 0 atom stereocenters. The molecule has 0 bridgehead atoms. The molecule has 0 amide bonds. The fourth-order valence-electron chi connectivity index (χ4n) is 3.20. The number of nitrogens with zero attached hydrogens (tertiary/aromatic N) is 2. The fourth-order valence-corrected chi connectivity index (χ4v) is 3.94. The normalized spacial score (nSPS) is 23.4. The Hall–Kier alpha value is -1.36. The number of rotatable bonds is 2. The number of nitrogen functional groups attached to an aromatic ring is 1. The van der Waals surface area contributed by atoms with Crippen LogP contribution in [0.15, 0.2) is 16.0 Å². The third kappa shape index (κ3) is 2.98. The molecule has 4 nitrogen and oxygen atoms in total. The van der Waals surface area contributed by atoms with Crippen LogP contribution in [0.4, 0.5) is 5.69 Å². The van der Waals surface area contributed by atoms with Gasteiger partial charge in [-0.2, -0.15) is 4.98 Å². The molecule has 1 saturated carbocycles. The molecule has 2 aromatic rings. The van der Waals surface area contributed by atoms with Gasteiger partial charge in [0.05, 0.1) is 5.69 Å². The van der Waals surface area contributed by atoms with Gasteiger partial charge in [-0.3, -0.25) is 0 Å². The Labute approximate surface area is 129 Å². The maximum Gasteiger partial charge on any atom is 0.270 e. The summed E-state index contributed by atoms with van der Waals surface area (Å²) in [5, 5.41) is 6.14. The molecule has 0 radical (unpaired) electrons. The van der Waals surface area contributed by atoms with E-state index >= 15 is 0 Å². The molecule has 0 aromatic carbocycles. The van der Waals surface area contributed by atoms with Crippen LogP contribution in [0.2, 0.25) is 0 Å². The Balaban J connectivity index is 1.70. The van der Waals surface area contributed by atoms with Gasteiger partial charge in [-0.25, -0.2) is 0 Å². The Kier molecular flexibility index (Phi) is 3.78. The van der Waals surface area contributed by atoms with Crippen molar-refractivity contribution in [3.63, 3.8) is 0 Å². The summed E-state index contributed by atoms with van der Waals surface area (Å²) < 4.78 is 5.41. The van der Waals surface area contributed by atoms with Crippen molar-refractivity contribution in [3.8, 4) is 10.8 Å². The largest absolute Gasteiger partial charge is 0.397 e. The van der Waals surface area contributed by atoms with Gasteiger partial charge in [-0.1, -0.05) is 25.9 Å². The van der Waals surface area contributed by atoms with Crippen molar-refractivity contribution in [3.05, 3.63) is 17.3 Å². The number of hydrogen-bond donors (Lipinski definition) is 1. The second kappa shape index (κ2) is 5.44. The monoisotopic (exact) mass is 305 g/mol. The van der Waals surface area contributed by atoms with Crippen LogP contribution >= 0.6 is 11.3 Å². The van der Waals surface area contributed by atoms with Gasteiger partial charge < -0.3 is 10.3 Å². The number of hydrogen-bond acceptors (Lipinski definition) is 5. The summed E-state index contributed by atoms with van der Waals surface area (Å²) in [5.74, 6) is 2.65. The minimum atomic E-state index is 0.402. The molecule has 5 heteroatoms. The van der Waals surface area contributed by atoms with Gasteiger partial charge in [-0.15, -0.1) is 11.3 Å². The van der Waals surface area contributed by atoms with E-state index in [0.29, 0.717) is 22.9 Å². The predicted octanol–water partition coefficient (Wildman–Crippen LogP) is 4.70. The molecule has 2 N–H and O–H groups in total. The van der Waals surface area contributed by atoms with Crippen LogP contribution in [0.1, 0.15) is 58.2 Å². The van der Waals surface area contributed by atoms with Crippen LogP contribution in [0, 0.1) is 11.3 Å². The van der Waals surface area contributed by atoms with Gasteiger partial charge in [-0.05, 0) is 48.5 Å². The highest BCUT2D eigenvalue weighted by atomic mass is 32.1. The molecule has 21 heavy (non-hydrogen) atoms. The smallest absolute Gasteiger partial charge is 0.270 e. The highest BCUT2D eigenvalue weighted by molar-refractivity contribution is 7.14.